The first kappa shape index (κ1) is 11.5. The van der Waals surface area contributed by atoms with Crippen LogP contribution < -0.4 is 5.73 Å². The lowest BCUT2D eigenvalue weighted by molar-refractivity contribution is 0.177. The number of hydrogen-bond donors (Lipinski definition) is 1. The predicted octanol–water partition coefficient (Wildman–Crippen LogP) is 1.55. The molecule has 2 rings (SSSR count). The molecule has 0 aromatic carbocycles. The number of ether oxygens (including phenoxy) is 1. The van der Waals surface area contributed by atoms with Gasteiger partial charge in [-0.05, 0) is 12.8 Å². The Morgan fingerprint density at radius 1 is 1.50 bits per heavy atom. The van der Waals surface area contributed by atoms with Crippen molar-refractivity contribution in [3.05, 3.63) is 11.7 Å². The molecule has 2 N–H and O–H groups in total. The van der Waals surface area contributed by atoms with Crippen LogP contribution in [0.3, 0.4) is 0 Å². The zero-order chi connectivity index (χ0) is 11.6. The predicted molar refractivity (Wildman–Crippen MR) is 58.9 cm³/mol. The van der Waals surface area contributed by atoms with Gasteiger partial charge in [-0.15, -0.1) is 0 Å². The minimum absolute atomic E-state index is 0.0536. The van der Waals surface area contributed by atoms with Crippen LogP contribution in [0.5, 0.6) is 0 Å². The Morgan fingerprint density at radius 3 is 2.81 bits per heavy atom. The summed E-state index contributed by atoms with van der Waals surface area (Å²) in [7, 11) is 1.61. The van der Waals surface area contributed by atoms with Crippen molar-refractivity contribution in [3.8, 4) is 0 Å². The summed E-state index contributed by atoms with van der Waals surface area (Å²) >= 11 is 0. The number of nitrogens with zero attached hydrogens (tertiary/aromatic N) is 2. The number of methoxy groups -OCH3 is 1. The first-order chi connectivity index (χ1) is 7.65. The molecule has 16 heavy (non-hydrogen) atoms. The highest BCUT2D eigenvalue weighted by molar-refractivity contribution is 5.07. The van der Waals surface area contributed by atoms with Crippen molar-refractivity contribution < 1.29 is 9.26 Å². The van der Waals surface area contributed by atoms with Gasteiger partial charge in [-0.3, -0.25) is 0 Å². The summed E-state index contributed by atoms with van der Waals surface area (Å²) in [6, 6.07) is -0.299. The summed E-state index contributed by atoms with van der Waals surface area (Å²) in [5.74, 6) is 1.27. The average molecular weight is 225 g/mol. The Bertz CT molecular complexity index is 345. The van der Waals surface area contributed by atoms with E-state index in [-0.39, 0.29) is 11.5 Å². The van der Waals surface area contributed by atoms with Crippen molar-refractivity contribution in [1.82, 2.24) is 10.1 Å². The summed E-state index contributed by atoms with van der Waals surface area (Å²) in [5, 5.41) is 3.93. The van der Waals surface area contributed by atoms with E-state index < -0.39 is 0 Å². The lowest BCUT2D eigenvalue weighted by Crippen LogP contribution is -2.20. The van der Waals surface area contributed by atoms with Gasteiger partial charge in [0.1, 0.15) is 0 Å². The third-order valence-electron chi connectivity index (χ3n) is 3.34. The maximum Gasteiger partial charge on any atom is 0.232 e. The molecule has 5 heteroatoms. The fourth-order valence-corrected chi connectivity index (χ4v) is 2.25. The van der Waals surface area contributed by atoms with E-state index in [4.69, 9.17) is 15.0 Å². The SMILES string of the molecule is COCC(N)c1noc(C2(C)CCCC2)n1. The van der Waals surface area contributed by atoms with Gasteiger partial charge in [0.25, 0.3) is 0 Å². The molecule has 1 aliphatic rings. The molecule has 0 bridgehead atoms. The van der Waals surface area contributed by atoms with E-state index >= 15 is 0 Å². The molecule has 1 unspecified atom stereocenters. The molecule has 0 saturated heterocycles. The topological polar surface area (TPSA) is 74.2 Å². The lowest BCUT2D eigenvalue weighted by atomic mass is 9.89. The molecule has 0 amide bonds. The van der Waals surface area contributed by atoms with Crippen LogP contribution in [0.4, 0.5) is 0 Å². The fraction of sp³-hybridized carbons (Fsp3) is 0.818. The normalized spacial score (nSPS) is 21.2. The van der Waals surface area contributed by atoms with E-state index in [0.29, 0.717) is 12.4 Å². The Balaban J connectivity index is 2.12. The summed E-state index contributed by atoms with van der Waals surface area (Å²) in [6.45, 7) is 2.59. The number of rotatable bonds is 4. The second-order valence-electron chi connectivity index (χ2n) is 4.79. The minimum Gasteiger partial charge on any atom is -0.383 e. The highest BCUT2D eigenvalue weighted by Crippen LogP contribution is 2.39. The van der Waals surface area contributed by atoms with Crippen LogP contribution in [-0.2, 0) is 10.2 Å². The van der Waals surface area contributed by atoms with Gasteiger partial charge >= 0.3 is 0 Å². The molecule has 1 aromatic rings. The van der Waals surface area contributed by atoms with Gasteiger partial charge in [-0.25, -0.2) is 0 Å². The zero-order valence-corrected chi connectivity index (χ0v) is 9.90. The zero-order valence-electron chi connectivity index (χ0n) is 9.90. The Hall–Kier alpha value is -0.940. The van der Waals surface area contributed by atoms with Crippen molar-refractivity contribution >= 4 is 0 Å². The molecule has 1 heterocycles. The van der Waals surface area contributed by atoms with Gasteiger partial charge in [0.05, 0.1) is 12.6 Å². The summed E-state index contributed by atoms with van der Waals surface area (Å²) in [4.78, 5) is 4.40. The van der Waals surface area contributed by atoms with Crippen LogP contribution in [-0.4, -0.2) is 23.9 Å². The van der Waals surface area contributed by atoms with Crippen molar-refractivity contribution in [2.45, 2.75) is 44.1 Å². The second-order valence-corrected chi connectivity index (χ2v) is 4.79. The van der Waals surface area contributed by atoms with Crippen LogP contribution >= 0.6 is 0 Å². The van der Waals surface area contributed by atoms with E-state index in [9.17, 15) is 0 Å². The maximum absolute atomic E-state index is 5.85. The molecular formula is C11H19N3O2. The van der Waals surface area contributed by atoms with Gasteiger partial charge in [0.2, 0.25) is 5.89 Å². The number of aromatic nitrogens is 2. The van der Waals surface area contributed by atoms with Gasteiger partial charge in [-0.1, -0.05) is 24.9 Å². The van der Waals surface area contributed by atoms with Gasteiger partial charge in [0, 0.05) is 12.5 Å². The quantitative estimate of drug-likeness (QED) is 0.841. The first-order valence-electron chi connectivity index (χ1n) is 5.74. The number of nitrogens with two attached hydrogens (primary N) is 1. The first-order valence-corrected chi connectivity index (χ1v) is 5.74. The van der Waals surface area contributed by atoms with E-state index in [1.165, 1.54) is 12.8 Å². The molecule has 0 aliphatic heterocycles. The van der Waals surface area contributed by atoms with Gasteiger partial charge in [-0.2, -0.15) is 4.98 Å². The van der Waals surface area contributed by atoms with Crippen molar-refractivity contribution in [1.29, 1.82) is 0 Å². The van der Waals surface area contributed by atoms with Gasteiger partial charge in [0.15, 0.2) is 5.82 Å². The van der Waals surface area contributed by atoms with Gasteiger partial charge < -0.3 is 15.0 Å². The Morgan fingerprint density at radius 2 is 2.19 bits per heavy atom. The van der Waals surface area contributed by atoms with E-state index in [1.54, 1.807) is 7.11 Å². The molecular weight excluding hydrogens is 206 g/mol. The summed E-state index contributed by atoms with van der Waals surface area (Å²) < 4.78 is 10.3. The second kappa shape index (κ2) is 4.51. The third-order valence-corrected chi connectivity index (χ3v) is 3.34. The van der Waals surface area contributed by atoms with Crippen molar-refractivity contribution in [2.75, 3.05) is 13.7 Å². The highest BCUT2D eigenvalue weighted by Gasteiger charge is 2.36. The highest BCUT2D eigenvalue weighted by atomic mass is 16.5. The molecule has 0 spiro atoms. The molecule has 1 aromatic heterocycles. The molecule has 1 saturated carbocycles. The average Bonchev–Trinajstić information content (AvgIpc) is 2.86. The van der Waals surface area contributed by atoms with E-state index in [1.807, 2.05) is 0 Å². The van der Waals surface area contributed by atoms with E-state index in [2.05, 4.69) is 17.1 Å². The van der Waals surface area contributed by atoms with E-state index in [0.717, 1.165) is 18.7 Å². The lowest BCUT2D eigenvalue weighted by Gasteiger charge is -2.17. The molecule has 1 fully saturated rings. The Labute approximate surface area is 95.3 Å². The Kier molecular flexibility index (Phi) is 3.25. The van der Waals surface area contributed by atoms with Crippen LogP contribution in [0, 0.1) is 0 Å². The van der Waals surface area contributed by atoms with Crippen LogP contribution in [0.1, 0.15) is 50.4 Å². The van der Waals surface area contributed by atoms with Crippen molar-refractivity contribution in [3.63, 3.8) is 0 Å². The molecule has 90 valence electrons. The molecule has 1 aliphatic carbocycles. The summed E-state index contributed by atoms with van der Waals surface area (Å²) in [5.41, 5.74) is 5.90. The minimum atomic E-state index is -0.299. The monoisotopic (exact) mass is 225 g/mol. The molecule has 1 atom stereocenters. The largest absolute Gasteiger partial charge is 0.383 e. The van der Waals surface area contributed by atoms with Crippen molar-refractivity contribution in [2.24, 2.45) is 5.73 Å². The maximum atomic E-state index is 5.85. The van der Waals surface area contributed by atoms with Crippen LogP contribution in [0.25, 0.3) is 0 Å². The smallest absolute Gasteiger partial charge is 0.232 e. The molecule has 5 nitrogen and oxygen atoms in total. The summed E-state index contributed by atoms with van der Waals surface area (Å²) in [6.07, 6.45) is 4.71. The molecule has 0 radical (unpaired) electrons. The van der Waals surface area contributed by atoms with Crippen LogP contribution in [0.15, 0.2) is 4.52 Å². The fourth-order valence-electron chi connectivity index (χ4n) is 2.25. The third kappa shape index (κ3) is 2.10. The van der Waals surface area contributed by atoms with Crippen LogP contribution in [0.2, 0.25) is 0 Å². The number of hydrogen-bond acceptors (Lipinski definition) is 5. The standard InChI is InChI=1S/C11H19N3O2/c1-11(5-3-4-6-11)10-13-9(14-16-10)8(12)7-15-2/h8H,3-7,12H2,1-2H3.